The maximum Gasteiger partial charge on any atom is 0.257 e. The number of nitrogen functional groups attached to an aromatic ring is 1. The highest BCUT2D eigenvalue weighted by Crippen LogP contribution is 2.18. The number of aromatic nitrogens is 1. The molecule has 0 radical (unpaired) electrons. The average Bonchev–Trinajstić information content (AvgIpc) is 2.37. The first-order valence-corrected chi connectivity index (χ1v) is 6.77. The first-order chi connectivity index (χ1) is 8.95. The SMILES string of the molecule is CN(C)CCCN(C)C(=O)c1cc(Br)cnc1NN. The quantitative estimate of drug-likeness (QED) is 0.605. The minimum absolute atomic E-state index is 0.0968. The zero-order chi connectivity index (χ0) is 14.4. The number of anilines is 1. The molecule has 0 fully saturated rings. The lowest BCUT2D eigenvalue weighted by Crippen LogP contribution is -2.31. The lowest BCUT2D eigenvalue weighted by molar-refractivity contribution is 0.0791. The van der Waals surface area contributed by atoms with Crippen LogP contribution in [0, 0.1) is 0 Å². The monoisotopic (exact) mass is 329 g/mol. The van der Waals surface area contributed by atoms with Crippen molar-refractivity contribution >= 4 is 27.7 Å². The third-order valence-corrected chi connectivity index (χ3v) is 3.10. The fourth-order valence-corrected chi connectivity index (χ4v) is 1.98. The molecule has 7 heteroatoms. The van der Waals surface area contributed by atoms with E-state index < -0.39 is 0 Å². The summed E-state index contributed by atoms with van der Waals surface area (Å²) in [6, 6.07) is 1.72. The second kappa shape index (κ2) is 7.42. The van der Waals surface area contributed by atoms with Crippen LogP contribution in [0.5, 0.6) is 0 Å². The number of nitrogens with zero attached hydrogens (tertiary/aromatic N) is 3. The minimum Gasteiger partial charge on any atom is -0.342 e. The topological polar surface area (TPSA) is 74.5 Å². The predicted molar refractivity (Wildman–Crippen MR) is 79.9 cm³/mol. The van der Waals surface area contributed by atoms with Crippen LogP contribution in [-0.2, 0) is 0 Å². The van der Waals surface area contributed by atoms with E-state index in [2.05, 4.69) is 31.2 Å². The third-order valence-electron chi connectivity index (χ3n) is 2.67. The van der Waals surface area contributed by atoms with E-state index in [1.807, 2.05) is 14.1 Å². The number of rotatable bonds is 6. The number of hydrazine groups is 1. The van der Waals surface area contributed by atoms with Crippen molar-refractivity contribution in [2.24, 2.45) is 5.84 Å². The summed E-state index contributed by atoms with van der Waals surface area (Å²) in [5, 5.41) is 0. The molecule has 1 heterocycles. The second-order valence-corrected chi connectivity index (χ2v) is 5.49. The van der Waals surface area contributed by atoms with Gasteiger partial charge in [0.25, 0.3) is 5.91 Å². The summed E-state index contributed by atoms with van der Waals surface area (Å²) in [5.41, 5.74) is 2.91. The van der Waals surface area contributed by atoms with Crippen molar-refractivity contribution in [1.82, 2.24) is 14.8 Å². The molecule has 0 bridgehead atoms. The largest absolute Gasteiger partial charge is 0.342 e. The maximum atomic E-state index is 12.3. The van der Waals surface area contributed by atoms with Gasteiger partial charge in [0.05, 0.1) is 5.56 Å². The zero-order valence-electron chi connectivity index (χ0n) is 11.5. The Morgan fingerprint density at radius 3 is 2.68 bits per heavy atom. The van der Waals surface area contributed by atoms with Gasteiger partial charge in [-0.15, -0.1) is 0 Å². The van der Waals surface area contributed by atoms with E-state index in [9.17, 15) is 4.79 Å². The van der Waals surface area contributed by atoms with E-state index >= 15 is 0 Å². The summed E-state index contributed by atoms with van der Waals surface area (Å²) in [6.45, 7) is 1.63. The van der Waals surface area contributed by atoms with Gasteiger partial charge >= 0.3 is 0 Å². The highest BCUT2D eigenvalue weighted by Gasteiger charge is 2.16. The minimum atomic E-state index is -0.0968. The molecule has 0 unspecified atom stereocenters. The van der Waals surface area contributed by atoms with Crippen LogP contribution in [0.1, 0.15) is 16.8 Å². The van der Waals surface area contributed by atoms with E-state index in [0.29, 0.717) is 17.9 Å². The highest BCUT2D eigenvalue weighted by atomic mass is 79.9. The van der Waals surface area contributed by atoms with E-state index in [1.54, 1.807) is 24.2 Å². The molecular formula is C12H20BrN5O. The maximum absolute atomic E-state index is 12.3. The first-order valence-electron chi connectivity index (χ1n) is 5.98. The highest BCUT2D eigenvalue weighted by molar-refractivity contribution is 9.10. The summed E-state index contributed by atoms with van der Waals surface area (Å²) in [7, 11) is 5.80. The smallest absolute Gasteiger partial charge is 0.257 e. The summed E-state index contributed by atoms with van der Waals surface area (Å²) in [4.78, 5) is 20.1. The Balaban J connectivity index is 2.73. The predicted octanol–water partition coefficient (Wildman–Crippen LogP) is 1.15. The van der Waals surface area contributed by atoms with Gasteiger partial charge in [0, 0.05) is 24.3 Å². The van der Waals surface area contributed by atoms with Crippen molar-refractivity contribution in [3.05, 3.63) is 22.3 Å². The van der Waals surface area contributed by atoms with Crippen LogP contribution in [0.4, 0.5) is 5.82 Å². The van der Waals surface area contributed by atoms with Crippen LogP contribution in [0.15, 0.2) is 16.7 Å². The molecule has 1 rings (SSSR count). The van der Waals surface area contributed by atoms with Gasteiger partial charge < -0.3 is 15.2 Å². The van der Waals surface area contributed by atoms with Crippen molar-refractivity contribution in [1.29, 1.82) is 0 Å². The van der Waals surface area contributed by atoms with Gasteiger partial charge in [-0.1, -0.05) is 0 Å². The Labute approximate surface area is 122 Å². The van der Waals surface area contributed by atoms with Gasteiger partial charge in [0.2, 0.25) is 0 Å². The molecule has 19 heavy (non-hydrogen) atoms. The zero-order valence-corrected chi connectivity index (χ0v) is 13.1. The molecule has 0 aliphatic carbocycles. The number of halogens is 1. The summed E-state index contributed by atoms with van der Waals surface area (Å²) in [6.07, 6.45) is 2.51. The van der Waals surface area contributed by atoms with Crippen molar-refractivity contribution in [2.75, 3.05) is 39.7 Å². The van der Waals surface area contributed by atoms with Gasteiger partial charge in [-0.05, 0) is 49.1 Å². The molecule has 0 saturated carbocycles. The third kappa shape index (κ3) is 4.77. The van der Waals surface area contributed by atoms with Crippen LogP contribution in [0.3, 0.4) is 0 Å². The Morgan fingerprint density at radius 1 is 1.42 bits per heavy atom. The first kappa shape index (κ1) is 15.9. The van der Waals surface area contributed by atoms with Crippen LogP contribution in [-0.4, -0.2) is 54.9 Å². The molecule has 1 amide bonds. The Kier molecular flexibility index (Phi) is 6.20. The second-order valence-electron chi connectivity index (χ2n) is 4.58. The number of carbonyl (C=O) groups excluding carboxylic acids is 1. The van der Waals surface area contributed by atoms with Gasteiger partial charge in [-0.25, -0.2) is 10.8 Å². The molecule has 1 aromatic rings. The van der Waals surface area contributed by atoms with E-state index in [-0.39, 0.29) is 5.91 Å². The van der Waals surface area contributed by atoms with Crippen molar-refractivity contribution < 1.29 is 4.79 Å². The fourth-order valence-electron chi connectivity index (χ4n) is 1.65. The number of nitrogens with one attached hydrogen (secondary N) is 1. The van der Waals surface area contributed by atoms with Gasteiger partial charge in [-0.3, -0.25) is 4.79 Å². The molecule has 106 valence electrons. The van der Waals surface area contributed by atoms with Gasteiger partial charge in [0.15, 0.2) is 5.82 Å². The number of amides is 1. The van der Waals surface area contributed by atoms with Crippen LogP contribution >= 0.6 is 15.9 Å². The molecule has 0 aliphatic heterocycles. The lowest BCUT2D eigenvalue weighted by atomic mass is 10.2. The van der Waals surface area contributed by atoms with Crippen molar-refractivity contribution in [3.63, 3.8) is 0 Å². The molecule has 1 aromatic heterocycles. The molecular weight excluding hydrogens is 310 g/mol. The normalized spacial score (nSPS) is 10.6. The molecule has 0 atom stereocenters. The average molecular weight is 330 g/mol. The van der Waals surface area contributed by atoms with Crippen LogP contribution in [0.2, 0.25) is 0 Å². The van der Waals surface area contributed by atoms with Crippen molar-refractivity contribution in [3.8, 4) is 0 Å². The Morgan fingerprint density at radius 2 is 2.11 bits per heavy atom. The standard InChI is InChI=1S/C12H20BrN5O/c1-17(2)5-4-6-18(3)12(19)10-7-9(13)8-15-11(10)16-14/h7-8H,4-6,14H2,1-3H3,(H,15,16). The number of pyridine rings is 1. The Bertz CT molecular complexity index is 438. The van der Waals surface area contributed by atoms with Crippen LogP contribution < -0.4 is 11.3 Å². The number of carbonyl (C=O) groups is 1. The number of hydrogen-bond donors (Lipinski definition) is 2. The van der Waals surface area contributed by atoms with Crippen molar-refractivity contribution in [2.45, 2.75) is 6.42 Å². The molecule has 0 aliphatic rings. The van der Waals surface area contributed by atoms with Crippen LogP contribution in [0.25, 0.3) is 0 Å². The molecule has 3 N–H and O–H groups in total. The molecule has 0 spiro atoms. The van der Waals surface area contributed by atoms with E-state index in [0.717, 1.165) is 17.4 Å². The summed E-state index contributed by atoms with van der Waals surface area (Å²) < 4.78 is 0.747. The summed E-state index contributed by atoms with van der Waals surface area (Å²) >= 11 is 3.31. The molecule has 0 aromatic carbocycles. The lowest BCUT2D eigenvalue weighted by Gasteiger charge is -2.19. The molecule has 0 saturated heterocycles. The Hall–Kier alpha value is -1.18. The van der Waals surface area contributed by atoms with Gasteiger partial charge in [0.1, 0.15) is 0 Å². The summed E-state index contributed by atoms with van der Waals surface area (Å²) in [5.74, 6) is 5.66. The number of nitrogens with two attached hydrogens (primary N) is 1. The number of hydrogen-bond acceptors (Lipinski definition) is 5. The molecule has 6 nitrogen and oxygen atoms in total. The van der Waals surface area contributed by atoms with E-state index in [1.165, 1.54) is 0 Å². The van der Waals surface area contributed by atoms with Gasteiger partial charge in [-0.2, -0.15) is 0 Å². The van der Waals surface area contributed by atoms with E-state index in [4.69, 9.17) is 5.84 Å². The fraction of sp³-hybridized carbons (Fsp3) is 0.500.